The van der Waals surface area contributed by atoms with Crippen LogP contribution < -0.4 is 5.32 Å². The fourth-order valence-corrected chi connectivity index (χ4v) is 2.04. The molecule has 0 spiro atoms. The van der Waals surface area contributed by atoms with Gasteiger partial charge in [-0.25, -0.2) is 0 Å². The van der Waals surface area contributed by atoms with Gasteiger partial charge in [0.15, 0.2) is 5.60 Å². The summed E-state index contributed by atoms with van der Waals surface area (Å²) in [5, 5.41) is 12.5. The average molecular weight is 225 g/mol. The normalized spacial score (nSPS) is 32.2. The van der Waals surface area contributed by atoms with Crippen molar-refractivity contribution in [2.45, 2.75) is 44.4 Å². The number of rotatable bonds is 4. The van der Waals surface area contributed by atoms with E-state index in [1.54, 1.807) is 0 Å². The van der Waals surface area contributed by atoms with E-state index in [2.05, 4.69) is 5.32 Å². The summed E-state index contributed by atoms with van der Waals surface area (Å²) in [5.74, 6) is -0.0526. The van der Waals surface area contributed by atoms with Crippen LogP contribution in [0, 0.1) is 5.92 Å². The van der Waals surface area contributed by atoms with E-state index >= 15 is 0 Å². The maximum Gasteiger partial charge on any atom is 0.417 e. The lowest BCUT2D eigenvalue weighted by molar-refractivity contribution is -0.258. The Kier molecular flexibility index (Phi) is 4.00. The molecule has 0 bridgehead atoms. The first-order valence-electron chi connectivity index (χ1n) is 5.39. The van der Waals surface area contributed by atoms with E-state index in [1.807, 2.05) is 6.92 Å². The molecule has 2 N–H and O–H groups in total. The van der Waals surface area contributed by atoms with E-state index in [1.165, 1.54) is 0 Å². The van der Waals surface area contributed by atoms with Gasteiger partial charge in [-0.3, -0.25) is 0 Å². The zero-order chi connectivity index (χ0) is 11.5. The largest absolute Gasteiger partial charge is 0.417 e. The van der Waals surface area contributed by atoms with Crippen LogP contribution in [0.25, 0.3) is 0 Å². The van der Waals surface area contributed by atoms with Crippen molar-refractivity contribution in [2.24, 2.45) is 5.92 Å². The van der Waals surface area contributed by atoms with Crippen molar-refractivity contribution < 1.29 is 18.3 Å². The Balaban J connectivity index is 2.38. The van der Waals surface area contributed by atoms with Crippen molar-refractivity contribution in [1.29, 1.82) is 0 Å². The van der Waals surface area contributed by atoms with Gasteiger partial charge in [0, 0.05) is 0 Å². The highest BCUT2D eigenvalue weighted by Crippen LogP contribution is 2.45. The minimum Gasteiger partial charge on any atom is -0.380 e. The molecule has 0 aromatic heterocycles. The summed E-state index contributed by atoms with van der Waals surface area (Å²) in [6.45, 7) is 3.40. The average Bonchev–Trinajstić information content (AvgIpc) is 2.48. The van der Waals surface area contributed by atoms with Gasteiger partial charge >= 0.3 is 6.18 Å². The minimum atomic E-state index is -4.48. The van der Waals surface area contributed by atoms with Crippen molar-refractivity contribution in [3.63, 3.8) is 0 Å². The van der Waals surface area contributed by atoms with Crippen molar-refractivity contribution in [3.8, 4) is 0 Å². The fraction of sp³-hybridized carbons (Fsp3) is 1.00. The Morgan fingerprint density at radius 1 is 1.47 bits per heavy atom. The summed E-state index contributed by atoms with van der Waals surface area (Å²) >= 11 is 0. The highest BCUT2D eigenvalue weighted by atomic mass is 19.4. The zero-order valence-electron chi connectivity index (χ0n) is 8.90. The molecule has 0 aromatic carbocycles. The molecule has 2 atom stereocenters. The quantitative estimate of drug-likeness (QED) is 0.718. The number of halogens is 3. The van der Waals surface area contributed by atoms with Crippen molar-refractivity contribution in [2.75, 3.05) is 13.1 Å². The first-order chi connectivity index (χ1) is 6.89. The van der Waals surface area contributed by atoms with Gasteiger partial charge in [-0.15, -0.1) is 0 Å². The molecular weight excluding hydrogens is 207 g/mol. The molecule has 0 amide bonds. The standard InChI is InChI=1S/C10H18F3NO/c1-2-5-14-7-8-3-4-9(15,6-8)10(11,12)13/h8,14-15H,2-7H2,1H3. The second kappa shape index (κ2) is 4.70. The molecule has 0 heterocycles. The Morgan fingerprint density at radius 3 is 2.60 bits per heavy atom. The van der Waals surface area contributed by atoms with E-state index in [0.717, 1.165) is 13.0 Å². The Labute approximate surface area is 87.9 Å². The monoisotopic (exact) mass is 225 g/mol. The molecule has 90 valence electrons. The summed E-state index contributed by atoms with van der Waals surface area (Å²) in [6, 6.07) is 0. The number of nitrogens with one attached hydrogen (secondary N) is 1. The maximum atomic E-state index is 12.4. The molecule has 0 aromatic rings. The first-order valence-corrected chi connectivity index (χ1v) is 5.39. The first kappa shape index (κ1) is 12.8. The van der Waals surface area contributed by atoms with E-state index < -0.39 is 11.8 Å². The van der Waals surface area contributed by atoms with E-state index in [9.17, 15) is 18.3 Å². The van der Waals surface area contributed by atoms with Crippen LogP contribution in [0.1, 0.15) is 32.6 Å². The SMILES string of the molecule is CCCNCC1CCC(O)(C(F)(F)F)C1. The fourth-order valence-electron chi connectivity index (χ4n) is 2.04. The third-order valence-electron chi connectivity index (χ3n) is 2.98. The van der Waals surface area contributed by atoms with Crippen LogP contribution in [-0.2, 0) is 0 Å². The van der Waals surface area contributed by atoms with Gasteiger partial charge in [-0.1, -0.05) is 6.92 Å². The highest BCUT2D eigenvalue weighted by molar-refractivity contribution is 4.95. The molecule has 2 nitrogen and oxygen atoms in total. The molecule has 1 aliphatic carbocycles. The molecule has 0 saturated heterocycles. The molecule has 0 radical (unpaired) electrons. The summed E-state index contributed by atoms with van der Waals surface area (Å²) in [4.78, 5) is 0. The molecule has 0 aliphatic heterocycles. The predicted octanol–water partition coefficient (Wildman–Crippen LogP) is 2.08. The van der Waals surface area contributed by atoms with Crippen LogP contribution in [0.3, 0.4) is 0 Å². The van der Waals surface area contributed by atoms with Gasteiger partial charge in [0.05, 0.1) is 0 Å². The van der Waals surface area contributed by atoms with Gasteiger partial charge in [0.2, 0.25) is 0 Å². The number of aliphatic hydroxyl groups is 1. The van der Waals surface area contributed by atoms with Crippen LogP contribution in [0.5, 0.6) is 0 Å². The van der Waals surface area contributed by atoms with Gasteiger partial charge in [-0.2, -0.15) is 13.2 Å². The third kappa shape index (κ3) is 3.08. The number of hydrogen-bond acceptors (Lipinski definition) is 2. The van der Waals surface area contributed by atoms with Crippen molar-refractivity contribution in [1.82, 2.24) is 5.32 Å². The topological polar surface area (TPSA) is 32.3 Å². The van der Waals surface area contributed by atoms with Crippen LogP contribution in [-0.4, -0.2) is 30.0 Å². The number of hydrogen-bond donors (Lipinski definition) is 2. The van der Waals surface area contributed by atoms with Gasteiger partial charge in [0.25, 0.3) is 0 Å². The molecule has 1 aliphatic rings. The van der Waals surface area contributed by atoms with Crippen LogP contribution in [0.2, 0.25) is 0 Å². The van der Waals surface area contributed by atoms with Gasteiger partial charge in [0.1, 0.15) is 0 Å². The predicted molar refractivity (Wildman–Crippen MR) is 51.5 cm³/mol. The lowest BCUT2D eigenvalue weighted by Gasteiger charge is -2.25. The Morgan fingerprint density at radius 2 is 2.13 bits per heavy atom. The molecule has 2 unspecified atom stereocenters. The minimum absolute atomic E-state index is 0.0526. The van der Waals surface area contributed by atoms with Gasteiger partial charge < -0.3 is 10.4 Å². The molecule has 5 heteroatoms. The second-order valence-electron chi connectivity index (χ2n) is 4.34. The summed E-state index contributed by atoms with van der Waals surface area (Å²) in [6.07, 6.45) is -3.38. The second-order valence-corrected chi connectivity index (χ2v) is 4.34. The lowest BCUT2D eigenvalue weighted by Crippen LogP contribution is -2.43. The van der Waals surface area contributed by atoms with Crippen LogP contribution in [0.15, 0.2) is 0 Å². The smallest absolute Gasteiger partial charge is 0.380 e. The van der Waals surface area contributed by atoms with E-state index in [0.29, 0.717) is 13.0 Å². The van der Waals surface area contributed by atoms with Crippen molar-refractivity contribution >= 4 is 0 Å². The highest BCUT2D eigenvalue weighted by Gasteiger charge is 2.56. The Bertz CT molecular complexity index is 207. The summed E-state index contributed by atoms with van der Waals surface area (Å²) in [7, 11) is 0. The molecular formula is C10H18F3NO. The van der Waals surface area contributed by atoms with Gasteiger partial charge in [-0.05, 0) is 44.7 Å². The summed E-state index contributed by atoms with van der Waals surface area (Å²) in [5.41, 5.74) is -2.44. The lowest BCUT2D eigenvalue weighted by atomic mass is 10.00. The van der Waals surface area contributed by atoms with Crippen LogP contribution in [0.4, 0.5) is 13.2 Å². The number of alkyl halides is 3. The zero-order valence-corrected chi connectivity index (χ0v) is 8.90. The third-order valence-corrected chi connectivity index (χ3v) is 2.98. The van der Waals surface area contributed by atoms with E-state index in [4.69, 9.17) is 0 Å². The maximum absolute atomic E-state index is 12.4. The van der Waals surface area contributed by atoms with E-state index in [-0.39, 0.29) is 18.8 Å². The van der Waals surface area contributed by atoms with Crippen molar-refractivity contribution in [3.05, 3.63) is 0 Å². The molecule has 1 fully saturated rings. The molecule has 15 heavy (non-hydrogen) atoms. The van der Waals surface area contributed by atoms with Crippen LogP contribution >= 0.6 is 0 Å². The summed E-state index contributed by atoms with van der Waals surface area (Å²) < 4.78 is 37.3. The Hall–Kier alpha value is -0.290. The molecule has 1 rings (SSSR count). The molecule has 1 saturated carbocycles.